The quantitative estimate of drug-likeness (QED) is 0.789. The summed E-state index contributed by atoms with van der Waals surface area (Å²) in [6.45, 7) is 13.6. The highest BCUT2D eigenvalue weighted by Crippen LogP contribution is 2.24. The number of methoxy groups -OCH3 is 1. The van der Waals surface area contributed by atoms with Gasteiger partial charge in [-0.25, -0.2) is 0 Å². The van der Waals surface area contributed by atoms with E-state index in [0.717, 1.165) is 19.7 Å². The third-order valence-corrected chi connectivity index (χ3v) is 3.40. The first-order valence-corrected chi connectivity index (χ1v) is 7.54. The molecule has 1 rings (SSSR count). The van der Waals surface area contributed by atoms with Crippen molar-refractivity contribution < 1.29 is 4.74 Å². The lowest BCUT2D eigenvalue weighted by Gasteiger charge is -2.31. The van der Waals surface area contributed by atoms with Crippen LogP contribution in [0.15, 0.2) is 18.2 Å². The van der Waals surface area contributed by atoms with Crippen LogP contribution in [0.2, 0.25) is 0 Å². The second-order valence-corrected chi connectivity index (χ2v) is 5.95. The highest BCUT2D eigenvalue weighted by molar-refractivity contribution is 5.55. The van der Waals surface area contributed by atoms with Crippen LogP contribution in [-0.4, -0.2) is 32.3 Å². The van der Waals surface area contributed by atoms with Crippen LogP contribution in [-0.2, 0) is 11.3 Å². The molecule has 0 aliphatic carbocycles. The molecule has 0 amide bonds. The molecule has 0 aliphatic heterocycles. The summed E-state index contributed by atoms with van der Waals surface area (Å²) in [5, 5.41) is 3.52. The van der Waals surface area contributed by atoms with Crippen molar-refractivity contribution in [2.75, 3.05) is 25.2 Å². The number of hydrogen-bond donors (Lipinski definition) is 1. The van der Waals surface area contributed by atoms with E-state index in [1.165, 1.54) is 16.8 Å². The zero-order chi connectivity index (χ0) is 15.1. The standard InChI is InChI=1S/C17H30N2O/c1-13(2)18-12-16-11-15(5)7-8-17(16)19(14(3)4)9-10-20-6/h7-8,11,13-14,18H,9-10,12H2,1-6H3. The number of hydrogen-bond acceptors (Lipinski definition) is 3. The largest absolute Gasteiger partial charge is 0.383 e. The Bertz CT molecular complexity index is 402. The summed E-state index contributed by atoms with van der Waals surface area (Å²) >= 11 is 0. The van der Waals surface area contributed by atoms with Gasteiger partial charge in [0.1, 0.15) is 0 Å². The zero-order valence-electron chi connectivity index (χ0n) is 13.9. The summed E-state index contributed by atoms with van der Waals surface area (Å²) in [5.74, 6) is 0. The highest BCUT2D eigenvalue weighted by Gasteiger charge is 2.14. The molecule has 1 aromatic carbocycles. The van der Waals surface area contributed by atoms with Crippen molar-refractivity contribution in [3.63, 3.8) is 0 Å². The topological polar surface area (TPSA) is 24.5 Å². The smallest absolute Gasteiger partial charge is 0.0637 e. The van der Waals surface area contributed by atoms with E-state index in [1.807, 2.05) is 0 Å². The van der Waals surface area contributed by atoms with Gasteiger partial charge in [0.2, 0.25) is 0 Å². The Morgan fingerprint density at radius 3 is 2.45 bits per heavy atom. The van der Waals surface area contributed by atoms with E-state index in [-0.39, 0.29) is 0 Å². The number of aryl methyl sites for hydroxylation is 1. The number of nitrogens with one attached hydrogen (secondary N) is 1. The van der Waals surface area contributed by atoms with Crippen molar-refractivity contribution in [2.45, 2.75) is 53.2 Å². The molecule has 0 fully saturated rings. The summed E-state index contributed by atoms with van der Waals surface area (Å²) in [5.41, 5.74) is 3.99. The molecule has 0 unspecified atom stereocenters. The highest BCUT2D eigenvalue weighted by atomic mass is 16.5. The van der Waals surface area contributed by atoms with Gasteiger partial charge in [-0.2, -0.15) is 0 Å². The van der Waals surface area contributed by atoms with Crippen molar-refractivity contribution in [1.82, 2.24) is 5.32 Å². The number of ether oxygens (including phenoxy) is 1. The summed E-state index contributed by atoms with van der Waals surface area (Å²) in [6, 6.07) is 7.67. The summed E-state index contributed by atoms with van der Waals surface area (Å²) in [7, 11) is 1.76. The van der Waals surface area contributed by atoms with Crippen LogP contribution in [0.3, 0.4) is 0 Å². The number of benzene rings is 1. The first-order valence-electron chi connectivity index (χ1n) is 7.54. The molecule has 0 radical (unpaired) electrons. The first-order chi connectivity index (χ1) is 9.45. The van der Waals surface area contributed by atoms with Gasteiger partial charge in [-0.15, -0.1) is 0 Å². The molecule has 0 saturated carbocycles. The Kier molecular flexibility index (Phi) is 7.03. The van der Waals surface area contributed by atoms with E-state index >= 15 is 0 Å². The third kappa shape index (κ3) is 5.14. The fourth-order valence-corrected chi connectivity index (χ4v) is 2.30. The minimum absolute atomic E-state index is 0.464. The van der Waals surface area contributed by atoms with Crippen molar-refractivity contribution in [3.05, 3.63) is 29.3 Å². The molecule has 114 valence electrons. The van der Waals surface area contributed by atoms with Crippen LogP contribution in [0.4, 0.5) is 5.69 Å². The van der Waals surface area contributed by atoms with Gasteiger partial charge in [0.25, 0.3) is 0 Å². The molecule has 3 heteroatoms. The van der Waals surface area contributed by atoms with Crippen LogP contribution in [0.5, 0.6) is 0 Å². The Labute approximate surface area is 124 Å². The lowest BCUT2D eigenvalue weighted by atomic mass is 10.1. The molecule has 0 atom stereocenters. The average molecular weight is 278 g/mol. The Hall–Kier alpha value is -1.06. The molecule has 0 spiro atoms. The van der Waals surface area contributed by atoms with Gasteiger partial charge < -0.3 is 15.0 Å². The van der Waals surface area contributed by atoms with Crippen LogP contribution >= 0.6 is 0 Å². The number of anilines is 1. The van der Waals surface area contributed by atoms with Crippen LogP contribution in [0, 0.1) is 6.92 Å². The van der Waals surface area contributed by atoms with E-state index in [2.05, 4.69) is 63.0 Å². The Balaban J connectivity index is 2.99. The lowest BCUT2D eigenvalue weighted by Crippen LogP contribution is -2.35. The van der Waals surface area contributed by atoms with E-state index in [1.54, 1.807) is 7.11 Å². The molecule has 0 heterocycles. The van der Waals surface area contributed by atoms with Gasteiger partial charge in [0, 0.05) is 38.0 Å². The lowest BCUT2D eigenvalue weighted by molar-refractivity contribution is 0.203. The molecule has 1 N–H and O–H groups in total. The minimum atomic E-state index is 0.464. The van der Waals surface area contributed by atoms with E-state index in [9.17, 15) is 0 Å². The average Bonchev–Trinajstić information content (AvgIpc) is 2.38. The van der Waals surface area contributed by atoms with Gasteiger partial charge in [0.15, 0.2) is 0 Å². The SMILES string of the molecule is COCCN(c1ccc(C)cc1CNC(C)C)C(C)C. The van der Waals surface area contributed by atoms with Crippen LogP contribution in [0.25, 0.3) is 0 Å². The summed E-state index contributed by atoms with van der Waals surface area (Å²) in [6.07, 6.45) is 0. The predicted molar refractivity (Wildman–Crippen MR) is 87.5 cm³/mol. The molecular weight excluding hydrogens is 248 g/mol. The molecule has 0 aromatic heterocycles. The molecule has 20 heavy (non-hydrogen) atoms. The van der Waals surface area contributed by atoms with Gasteiger partial charge in [-0.05, 0) is 32.4 Å². The van der Waals surface area contributed by atoms with Gasteiger partial charge >= 0.3 is 0 Å². The second-order valence-electron chi connectivity index (χ2n) is 5.95. The van der Waals surface area contributed by atoms with E-state index in [0.29, 0.717) is 12.1 Å². The Morgan fingerprint density at radius 1 is 1.20 bits per heavy atom. The second kappa shape index (κ2) is 8.28. The maximum Gasteiger partial charge on any atom is 0.0637 e. The predicted octanol–water partition coefficient (Wildman–Crippen LogP) is 3.35. The van der Waals surface area contributed by atoms with Crippen LogP contribution in [0.1, 0.15) is 38.8 Å². The molecule has 0 saturated heterocycles. The molecular formula is C17H30N2O. The normalized spacial score (nSPS) is 11.4. The van der Waals surface area contributed by atoms with Gasteiger partial charge in [-0.3, -0.25) is 0 Å². The van der Waals surface area contributed by atoms with Crippen molar-refractivity contribution in [1.29, 1.82) is 0 Å². The monoisotopic (exact) mass is 278 g/mol. The molecule has 0 aliphatic rings. The van der Waals surface area contributed by atoms with E-state index < -0.39 is 0 Å². The number of nitrogens with zero attached hydrogens (tertiary/aromatic N) is 1. The van der Waals surface area contributed by atoms with Crippen LogP contribution < -0.4 is 10.2 Å². The fourth-order valence-electron chi connectivity index (χ4n) is 2.30. The van der Waals surface area contributed by atoms with Crippen molar-refractivity contribution in [2.24, 2.45) is 0 Å². The minimum Gasteiger partial charge on any atom is -0.383 e. The van der Waals surface area contributed by atoms with E-state index in [4.69, 9.17) is 4.74 Å². The molecule has 0 bridgehead atoms. The maximum absolute atomic E-state index is 5.25. The maximum atomic E-state index is 5.25. The summed E-state index contributed by atoms with van der Waals surface area (Å²) < 4.78 is 5.25. The zero-order valence-corrected chi connectivity index (χ0v) is 13.9. The first kappa shape index (κ1) is 17.0. The number of rotatable bonds is 8. The fraction of sp³-hybridized carbons (Fsp3) is 0.647. The van der Waals surface area contributed by atoms with Crippen molar-refractivity contribution >= 4 is 5.69 Å². The van der Waals surface area contributed by atoms with Gasteiger partial charge in [0.05, 0.1) is 6.61 Å². The molecule has 3 nitrogen and oxygen atoms in total. The Morgan fingerprint density at radius 2 is 1.90 bits per heavy atom. The molecule has 1 aromatic rings. The van der Waals surface area contributed by atoms with Crippen molar-refractivity contribution in [3.8, 4) is 0 Å². The third-order valence-electron chi connectivity index (χ3n) is 3.40. The van der Waals surface area contributed by atoms with Gasteiger partial charge in [-0.1, -0.05) is 31.5 Å². The summed E-state index contributed by atoms with van der Waals surface area (Å²) in [4.78, 5) is 2.42.